The minimum Gasteiger partial charge on any atom is -0.322 e. The number of carbonyl (C=O) groups is 1. The number of benzene rings is 2. The van der Waals surface area contributed by atoms with Crippen LogP contribution in [0.15, 0.2) is 42.5 Å². The highest BCUT2D eigenvalue weighted by molar-refractivity contribution is 5.92. The summed E-state index contributed by atoms with van der Waals surface area (Å²) < 4.78 is 26.5. The van der Waals surface area contributed by atoms with Crippen molar-refractivity contribution in [3.05, 3.63) is 65.2 Å². The predicted molar refractivity (Wildman–Crippen MR) is 89.7 cm³/mol. The summed E-state index contributed by atoms with van der Waals surface area (Å²) in [6, 6.07) is 11.6. The number of hydrogen-bond donors (Lipinski definition) is 1. The van der Waals surface area contributed by atoms with E-state index >= 15 is 0 Å². The third-order valence-corrected chi connectivity index (χ3v) is 4.47. The highest BCUT2D eigenvalue weighted by Gasteiger charge is 2.24. The number of carbonyl (C=O) groups excluding carboxylic acids is 1. The van der Waals surface area contributed by atoms with Crippen LogP contribution in [0.2, 0.25) is 0 Å². The molecule has 126 valence electrons. The van der Waals surface area contributed by atoms with Crippen LogP contribution in [0.4, 0.5) is 14.5 Å². The molecule has 1 atom stereocenters. The van der Waals surface area contributed by atoms with Crippen LogP contribution in [0.3, 0.4) is 0 Å². The van der Waals surface area contributed by atoms with E-state index in [-0.39, 0.29) is 24.2 Å². The molecule has 0 unspecified atom stereocenters. The summed E-state index contributed by atoms with van der Waals surface area (Å²) in [5.74, 6) is -1.75. The third-order valence-electron chi connectivity index (χ3n) is 4.47. The van der Waals surface area contributed by atoms with Crippen LogP contribution in [0.1, 0.15) is 30.0 Å². The molecule has 0 aromatic heterocycles. The van der Waals surface area contributed by atoms with Crippen LogP contribution in [-0.2, 0) is 11.2 Å². The zero-order valence-electron chi connectivity index (χ0n) is 13.6. The lowest BCUT2D eigenvalue weighted by Crippen LogP contribution is -2.35. The predicted octanol–water partition coefficient (Wildman–Crippen LogP) is 3.91. The van der Waals surface area contributed by atoms with Gasteiger partial charge in [-0.2, -0.15) is 0 Å². The zero-order chi connectivity index (χ0) is 17.1. The molecular weight excluding hydrogens is 310 g/mol. The fraction of sp³-hybridized carbons (Fsp3) is 0.316. The van der Waals surface area contributed by atoms with E-state index in [1.165, 1.54) is 17.2 Å². The van der Waals surface area contributed by atoms with Crippen LogP contribution in [0, 0.1) is 11.6 Å². The second-order valence-electron chi connectivity index (χ2n) is 6.19. The fourth-order valence-corrected chi connectivity index (χ4v) is 3.30. The number of rotatable bonds is 4. The van der Waals surface area contributed by atoms with E-state index < -0.39 is 11.6 Å². The number of likely N-dealkylation sites (N-methyl/N-ethyl adjacent to an activating group) is 1. The summed E-state index contributed by atoms with van der Waals surface area (Å²) in [5, 5.41) is 2.51. The van der Waals surface area contributed by atoms with Gasteiger partial charge in [-0.3, -0.25) is 9.69 Å². The molecule has 0 aliphatic heterocycles. The van der Waals surface area contributed by atoms with Crippen LogP contribution >= 0.6 is 0 Å². The van der Waals surface area contributed by atoms with Crippen molar-refractivity contribution < 1.29 is 13.6 Å². The number of anilines is 1. The molecule has 2 aromatic rings. The van der Waals surface area contributed by atoms with E-state index in [2.05, 4.69) is 17.4 Å². The Balaban J connectivity index is 1.67. The van der Waals surface area contributed by atoms with Gasteiger partial charge in [-0.15, -0.1) is 0 Å². The second kappa shape index (κ2) is 7.09. The molecule has 0 saturated carbocycles. The van der Waals surface area contributed by atoms with E-state index in [1.807, 2.05) is 24.1 Å². The van der Waals surface area contributed by atoms with Crippen LogP contribution in [-0.4, -0.2) is 24.4 Å². The van der Waals surface area contributed by atoms with E-state index in [0.29, 0.717) is 0 Å². The lowest BCUT2D eigenvalue weighted by Gasteiger charge is -2.32. The summed E-state index contributed by atoms with van der Waals surface area (Å²) >= 11 is 0. The number of hydrogen-bond acceptors (Lipinski definition) is 2. The number of halogens is 2. The third kappa shape index (κ3) is 3.62. The average Bonchev–Trinajstić information content (AvgIpc) is 2.57. The lowest BCUT2D eigenvalue weighted by molar-refractivity contribution is -0.117. The highest BCUT2D eigenvalue weighted by atomic mass is 19.1. The first-order valence-electron chi connectivity index (χ1n) is 8.07. The molecule has 1 amide bonds. The Morgan fingerprint density at radius 1 is 1.25 bits per heavy atom. The number of amides is 1. The molecule has 0 spiro atoms. The highest BCUT2D eigenvalue weighted by Crippen LogP contribution is 2.33. The van der Waals surface area contributed by atoms with E-state index in [0.717, 1.165) is 31.4 Å². The topological polar surface area (TPSA) is 32.3 Å². The summed E-state index contributed by atoms with van der Waals surface area (Å²) in [6.45, 7) is 0.149. The van der Waals surface area contributed by atoms with Crippen LogP contribution < -0.4 is 5.32 Å². The number of nitrogens with zero attached hydrogens (tertiary/aromatic N) is 1. The molecule has 24 heavy (non-hydrogen) atoms. The van der Waals surface area contributed by atoms with Gasteiger partial charge in [0.15, 0.2) is 0 Å². The van der Waals surface area contributed by atoms with E-state index in [4.69, 9.17) is 0 Å². The Bertz CT molecular complexity index is 748. The second-order valence-corrected chi connectivity index (χ2v) is 6.19. The van der Waals surface area contributed by atoms with Crippen LogP contribution in [0.5, 0.6) is 0 Å². The lowest BCUT2D eigenvalue weighted by atomic mass is 9.87. The molecular formula is C19H20F2N2O. The molecule has 0 heterocycles. The Morgan fingerprint density at radius 2 is 2.04 bits per heavy atom. The molecule has 2 aromatic carbocycles. The van der Waals surface area contributed by atoms with Gasteiger partial charge in [0, 0.05) is 12.1 Å². The average molecular weight is 330 g/mol. The Hall–Kier alpha value is -2.27. The van der Waals surface area contributed by atoms with Crippen molar-refractivity contribution in [1.29, 1.82) is 0 Å². The Kier molecular flexibility index (Phi) is 4.90. The largest absolute Gasteiger partial charge is 0.322 e. The quantitative estimate of drug-likeness (QED) is 0.922. The molecule has 3 rings (SSSR count). The van der Waals surface area contributed by atoms with Gasteiger partial charge >= 0.3 is 0 Å². The minimum atomic E-state index is -0.769. The summed E-state index contributed by atoms with van der Waals surface area (Å²) in [5.41, 5.74) is 2.58. The zero-order valence-corrected chi connectivity index (χ0v) is 13.6. The molecule has 1 aliphatic carbocycles. The van der Waals surface area contributed by atoms with Gasteiger partial charge in [0.25, 0.3) is 0 Å². The fourth-order valence-electron chi connectivity index (χ4n) is 3.30. The number of aryl methyl sites for hydroxylation is 1. The van der Waals surface area contributed by atoms with Crippen molar-refractivity contribution in [1.82, 2.24) is 4.90 Å². The molecule has 0 radical (unpaired) electrons. The van der Waals surface area contributed by atoms with Gasteiger partial charge in [0.05, 0.1) is 12.2 Å². The van der Waals surface area contributed by atoms with Gasteiger partial charge in [-0.25, -0.2) is 8.78 Å². The Labute approximate surface area is 140 Å². The molecule has 1 N–H and O–H groups in total. The first-order chi connectivity index (χ1) is 11.5. The molecule has 0 fully saturated rings. The molecule has 3 nitrogen and oxygen atoms in total. The van der Waals surface area contributed by atoms with Gasteiger partial charge in [0.1, 0.15) is 11.6 Å². The molecule has 1 aliphatic rings. The van der Waals surface area contributed by atoms with Crippen molar-refractivity contribution in [2.75, 3.05) is 18.9 Å². The van der Waals surface area contributed by atoms with Crippen molar-refractivity contribution in [3.8, 4) is 0 Å². The summed E-state index contributed by atoms with van der Waals surface area (Å²) in [7, 11) is 1.90. The normalized spacial score (nSPS) is 16.8. The standard InChI is InChI=1S/C19H20F2N2O/c1-23(18-8-4-6-13-5-2-3-7-15(13)18)12-19(24)22-17-10-9-14(20)11-16(17)21/h2-3,5,7,9-11,18H,4,6,8,12H2,1H3,(H,22,24)/t18-/m0/s1. The first kappa shape index (κ1) is 16.6. The smallest absolute Gasteiger partial charge is 0.238 e. The summed E-state index contributed by atoms with van der Waals surface area (Å²) in [6.07, 6.45) is 3.14. The maximum atomic E-state index is 13.6. The Morgan fingerprint density at radius 3 is 2.83 bits per heavy atom. The number of nitrogens with one attached hydrogen (secondary N) is 1. The maximum Gasteiger partial charge on any atom is 0.238 e. The minimum absolute atomic E-state index is 0.00107. The monoisotopic (exact) mass is 330 g/mol. The van der Waals surface area contributed by atoms with E-state index in [1.54, 1.807) is 0 Å². The molecule has 5 heteroatoms. The first-order valence-corrected chi connectivity index (χ1v) is 8.07. The van der Waals surface area contributed by atoms with Crippen LogP contribution in [0.25, 0.3) is 0 Å². The van der Waals surface area contributed by atoms with Crippen molar-refractivity contribution in [2.45, 2.75) is 25.3 Å². The summed E-state index contributed by atoms with van der Waals surface area (Å²) in [4.78, 5) is 14.2. The van der Waals surface area contributed by atoms with Gasteiger partial charge in [0.2, 0.25) is 5.91 Å². The van der Waals surface area contributed by atoms with Crippen molar-refractivity contribution in [3.63, 3.8) is 0 Å². The van der Waals surface area contributed by atoms with Crippen molar-refractivity contribution >= 4 is 11.6 Å². The van der Waals surface area contributed by atoms with E-state index in [9.17, 15) is 13.6 Å². The molecule has 0 saturated heterocycles. The van der Waals surface area contributed by atoms with Crippen molar-refractivity contribution in [2.24, 2.45) is 0 Å². The van der Waals surface area contributed by atoms with Gasteiger partial charge in [-0.05, 0) is 49.6 Å². The number of fused-ring (bicyclic) bond motifs is 1. The van der Waals surface area contributed by atoms with Gasteiger partial charge < -0.3 is 5.32 Å². The maximum absolute atomic E-state index is 13.6. The van der Waals surface area contributed by atoms with Gasteiger partial charge in [-0.1, -0.05) is 24.3 Å². The molecule has 0 bridgehead atoms. The SMILES string of the molecule is CN(CC(=O)Nc1ccc(F)cc1F)[C@H]1CCCc2ccccc21.